The van der Waals surface area contributed by atoms with Crippen molar-refractivity contribution < 1.29 is 4.74 Å². The van der Waals surface area contributed by atoms with Crippen LogP contribution in [0.25, 0.3) is 0 Å². The number of nitrogens with zero attached hydrogens (tertiary/aromatic N) is 3. The number of ether oxygens (including phenoxy) is 1. The number of hydrogen-bond donors (Lipinski definition) is 1. The average molecular weight is 292 g/mol. The Morgan fingerprint density at radius 2 is 1.90 bits per heavy atom. The molecule has 1 aromatic heterocycles. The van der Waals surface area contributed by atoms with E-state index < -0.39 is 0 Å². The van der Waals surface area contributed by atoms with Crippen molar-refractivity contribution in [2.24, 2.45) is 5.73 Å². The number of hydrogen-bond acceptors (Lipinski definition) is 5. The minimum atomic E-state index is 0.252. The third kappa shape index (κ3) is 3.93. The Bertz CT molecular complexity index is 415. The second kappa shape index (κ2) is 7.73. The number of piperazine rings is 1. The van der Waals surface area contributed by atoms with Gasteiger partial charge in [0.15, 0.2) is 0 Å². The van der Waals surface area contributed by atoms with Gasteiger partial charge in [-0.2, -0.15) is 0 Å². The summed E-state index contributed by atoms with van der Waals surface area (Å²) in [5, 5.41) is 0. The molecule has 0 aromatic carbocycles. The highest BCUT2D eigenvalue weighted by Gasteiger charge is 2.25. The van der Waals surface area contributed by atoms with E-state index in [4.69, 9.17) is 10.5 Å². The first-order chi connectivity index (χ1) is 10.2. The van der Waals surface area contributed by atoms with Crippen LogP contribution in [0.2, 0.25) is 0 Å². The van der Waals surface area contributed by atoms with Gasteiger partial charge in [-0.1, -0.05) is 13.0 Å². The summed E-state index contributed by atoms with van der Waals surface area (Å²) in [4.78, 5) is 9.34. The summed E-state index contributed by atoms with van der Waals surface area (Å²) in [6.07, 6.45) is 3.10. The number of aromatic nitrogens is 1. The predicted octanol–water partition coefficient (Wildman–Crippen LogP) is 1.51. The van der Waals surface area contributed by atoms with Crippen molar-refractivity contribution in [3.8, 4) is 5.88 Å². The van der Waals surface area contributed by atoms with Gasteiger partial charge in [0.2, 0.25) is 5.88 Å². The number of methoxy groups -OCH3 is 1. The largest absolute Gasteiger partial charge is 0.481 e. The normalized spacial score (nSPS) is 20.2. The van der Waals surface area contributed by atoms with E-state index in [0.717, 1.165) is 26.2 Å². The van der Waals surface area contributed by atoms with Crippen LogP contribution in [0.4, 0.5) is 0 Å². The standard InChI is InChI=1S/C16H28N4O/c1-4-13(2)19-7-9-20(10-8-19)15(11-17)14-5-6-16(21-3)18-12-14/h5-6,12-13,15H,4,7-11,17H2,1-3H3. The summed E-state index contributed by atoms with van der Waals surface area (Å²) in [5.74, 6) is 0.649. The summed E-state index contributed by atoms with van der Waals surface area (Å²) in [6, 6.07) is 4.91. The molecule has 5 nitrogen and oxygen atoms in total. The van der Waals surface area contributed by atoms with Gasteiger partial charge in [0.25, 0.3) is 0 Å². The number of rotatable bonds is 6. The predicted molar refractivity (Wildman–Crippen MR) is 85.5 cm³/mol. The lowest BCUT2D eigenvalue weighted by Crippen LogP contribution is -2.51. The minimum absolute atomic E-state index is 0.252. The second-order valence-electron chi connectivity index (χ2n) is 5.71. The highest BCUT2D eigenvalue weighted by Crippen LogP contribution is 2.22. The van der Waals surface area contributed by atoms with Crippen LogP contribution in [-0.2, 0) is 0 Å². The van der Waals surface area contributed by atoms with Crippen molar-refractivity contribution in [2.45, 2.75) is 32.4 Å². The van der Waals surface area contributed by atoms with Crippen LogP contribution < -0.4 is 10.5 Å². The average Bonchev–Trinajstić information content (AvgIpc) is 2.56. The molecule has 0 bridgehead atoms. The molecule has 2 N–H and O–H groups in total. The summed E-state index contributed by atoms with van der Waals surface area (Å²) in [7, 11) is 1.64. The fourth-order valence-electron chi connectivity index (χ4n) is 2.95. The van der Waals surface area contributed by atoms with Gasteiger partial charge >= 0.3 is 0 Å². The lowest BCUT2D eigenvalue weighted by molar-refractivity contribution is 0.0742. The molecule has 21 heavy (non-hydrogen) atoms. The van der Waals surface area contributed by atoms with Crippen LogP contribution in [0.1, 0.15) is 31.9 Å². The Kier molecular flexibility index (Phi) is 5.96. The van der Waals surface area contributed by atoms with E-state index in [1.54, 1.807) is 7.11 Å². The van der Waals surface area contributed by atoms with Crippen LogP contribution in [0, 0.1) is 0 Å². The van der Waals surface area contributed by atoms with Crippen molar-refractivity contribution >= 4 is 0 Å². The molecule has 0 aliphatic carbocycles. The third-order valence-electron chi connectivity index (χ3n) is 4.58. The molecular weight excluding hydrogens is 264 g/mol. The Labute approximate surface area is 128 Å². The first-order valence-electron chi connectivity index (χ1n) is 7.87. The van der Waals surface area contributed by atoms with E-state index in [9.17, 15) is 0 Å². The molecule has 2 heterocycles. The molecular formula is C16H28N4O. The molecule has 2 unspecified atom stereocenters. The highest BCUT2D eigenvalue weighted by atomic mass is 16.5. The Morgan fingerprint density at radius 1 is 1.24 bits per heavy atom. The molecule has 2 rings (SSSR count). The Balaban J connectivity index is 1.98. The van der Waals surface area contributed by atoms with Crippen LogP contribution in [0.15, 0.2) is 18.3 Å². The first-order valence-corrected chi connectivity index (χ1v) is 7.87. The van der Waals surface area contributed by atoms with E-state index in [1.807, 2.05) is 12.3 Å². The van der Waals surface area contributed by atoms with Gasteiger partial charge in [-0.3, -0.25) is 9.80 Å². The smallest absolute Gasteiger partial charge is 0.212 e. The molecule has 0 radical (unpaired) electrons. The maximum Gasteiger partial charge on any atom is 0.212 e. The summed E-state index contributed by atoms with van der Waals surface area (Å²) in [6.45, 7) is 9.56. The Hall–Kier alpha value is -1.17. The van der Waals surface area contributed by atoms with Gasteiger partial charge < -0.3 is 10.5 Å². The molecule has 5 heteroatoms. The van der Waals surface area contributed by atoms with E-state index in [-0.39, 0.29) is 6.04 Å². The zero-order valence-electron chi connectivity index (χ0n) is 13.5. The van der Waals surface area contributed by atoms with Crippen LogP contribution in [0.5, 0.6) is 5.88 Å². The monoisotopic (exact) mass is 292 g/mol. The molecule has 1 aromatic rings. The van der Waals surface area contributed by atoms with E-state index in [2.05, 4.69) is 34.7 Å². The number of nitrogens with two attached hydrogens (primary N) is 1. The van der Waals surface area contributed by atoms with Crippen molar-refractivity contribution in [3.63, 3.8) is 0 Å². The number of pyridine rings is 1. The SMILES string of the molecule is CCC(C)N1CCN(C(CN)c2ccc(OC)nc2)CC1. The molecule has 1 fully saturated rings. The third-order valence-corrected chi connectivity index (χ3v) is 4.58. The quantitative estimate of drug-likeness (QED) is 0.861. The van der Waals surface area contributed by atoms with E-state index in [0.29, 0.717) is 18.5 Å². The first kappa shape index (κ1) is 16.2. The summed E-state index contributed by atoms with van der Waals surface area (Å²) in [5.41, 5.74) is 7.19. The second-order valence-corrected chi connectivity index (χ2v) is 5.71. The molecule has 118 valence electrons. The fraction of sp³-hybridized carbons (Fsp3) is 0.688. The molecule has 0 spiro atoms. The molecule has 1 saturated heterocycles. The fourth-order valence-corrected chi connectivity index (χ4v) is 2.95. The zero-order chi connectivity index (χ0) is 15.2. The highest BCUT2D eigenvalue weighted by molar-refractivity contribution is 5.21. The molecule has 2 atom stereocenters. The van der Waals surface area contributed by atoms with Gasteiger partial charge in [0.05, 0.1) is 7.11 Å². The van der Waals surface area contributed by atoms with Crippen LogP contribution in [-0.4, -0.2) is 60.7 Å². The zero-order valence-corrected chi connectivity index (χ0v) is 13.5. The van der Waals surface area contributed by atoms with Crippen molar-refractivity contribution in [3.05, 3.63) is 23.9 Å². The lowest BCUT2D eigenvalue weighted by atomic mass is 10.1. The van der Waals surface area contributed by atoms with Crippen molar-refractivity contribution in [2.75, 3.05) is 39.8 Å². The maximum absolute atomic E-state index is 6.01. The van der Waals surface area contributed by atoms with Crippen LogP contribution >= 0.6 is 0 Å². The van der Waals surface area contributed by atoms with Crippen molar-refractivity contribution in [1.82, 2.24) is 14.8 Å². The van der Waals surface area contributed by atoms with Gasteiger partial charge in [-0.05, 0) is 18.9 Å². The summed E-state index contributed by atoms with van der Waals surface area (Å²) >= 11 is 0. The van der Waals surface area contributed by atoms with Crippen LogP contribution in [0.3, 0.4) is 0 Å². The van der Waals surface area contributed by atoms with Gasteiger partial charge in [-0.15, -0.1) is 0 Å². The van der Waals surface area contributed by atoms with Crippen molar-refractivity contribution in [1.29, 1.82) is 0 Å². The maximum atomic E-state index is 6.01. The van der Waals surface area contributed by atoms with E-state index in [1.165, 1.54) is 12.0 Å². The van der Waals surface area contributed by atoms with E-state index >= 15 is 0 Å². The lowest BCUT2D eigenvalue weighted by Gasteiger charge is -2.41. The molecule has 1 aliphatic rings. The molecule has 0 amide bonds. The topological polar surface area (TPSA) is 54.6 Å². The van der Waals surface area contributed by atoms with Gasteiger partial charge in [0.1, 0.15) is 0 Å². The minimum Gasteiger partial charge on any atom is -0.481 e. The molecule has 1 aliphatic heterocycles. The summed E-state index contributed by atoms with van der Waals surface area (Å²) < 4.78 is 5.12. The Morgan fingerprint density at radius 3 is 2.38 bits per heavy atom. The van der Waals surface area contributed by atoms with Gasteiger partial charge in [0, 0.05) is 57.1 Å². The molecule has 0 saturated carbocycles. The van der Waals surface area contributed by atoms with Gasteiger partial charge in [-0.25, -0.2) is 4.98 Å².